The lowest BCUT2D eigenvalue weighted by atomic mass is 10.0. The molecule has 0 aliphatic heterocycles. The molecule has 5 heteroatoms. The lowest BCUT2D eigenvalue weighted by Crippen LogP contribution is -2.32. The van der Waals surface area contributed by atoms with Crippen molar-refractivity contribution >= 4 is 22.9 Å². The second kappa shape index (κ2) is 6.31. The van der Waals surface area contributed by atoms with E-state index in [0.29, 0.717) is 0 Å². The minimum atomic E-state index is -0.147. The molecule has 1 aromatic heterocycles. The van der Waals surface area contributed by atoms with Crippen LogP contribution in [0.15, 0.2) is 42.5 Å². The van der Waals surface area contributed by atoms with Gasteiger partial charge in [-0.25, -0.2) is 5.43 Å². The van der Waals surface area contributed by atoms with Gasteiger partial charge in [0.05, 0.1) is 10.4 Å². The Balaban J connectivity index is 2.30. The predicted octanol–water partition coefficient (Wildman–Crippen LogP) is 3.29. The Morgan fingerprint density at radius 3 is 2.44 bits per heavy atom. The van der Waals surface area contributed by atoms with Gasteiger partial charge < -0.3 is 4.74 Å². The van der Waals surface area contributed by atoms with Crippen LogP contribution in [-0.2, 0) is 4.74 Å². The van der Waals surface area contributed by atoms with Gasteiger partial charge in [-0.1, -0.05) is 41.9 Å². The van der Waals surface area contributed by atoms with E-state index >= 15 is 0 Å². The van der Waals surface area contributed by atoms with E-state index in [4.69, 9.17) is 22.2 Å². The highest BCUT2D eigenvalue weighted by molar-refractivity contribution is 7.16. The lowest BCUT2D eigenvalue weighted by molar-refractivity contribution is 0.0687. The number of halogens is 1. The van der Waals surface area contributed by atoms with E-state index in [1.807, 2.05) is 42.5 Å². The zero-order chi connectivity index (χ0) is 13.0. The van der Waals surface area contributed by atoms with Crippen molar-refractivity contribution in [1.29, 1.82) is 0 Å². The van der Waals surface area contributed by atoms with Gasteiger partial charge in [0.2, 0.25) is 0 Å². The Morgan fingerprint density at radius 1 is 1.22 bits per heavy atom. The van der Waals surface area contributed by atoms with Gasteiger partial charge >= 0.3 is 0 Å². The molecule has 0 fully saturated rings. The minimum absolute atomic E-state index is 0.116. The first kappa shape index (κ1) is 13.5. The van der Waals surface area contributed by atoms with Crippen LogP contribution in [0, 0.1) is 0 Å². The third-order valence-corrected chi connectivity index (χ3v) is 4.08. The van der Waals surface area contributed by atoms with Crippen molar-refractivity contribution in [3.63, 3.8) is 0 Å². The quantitative estimate of drug-likeness (QED) is 0.653. The van der Waals surface area contributed by atoms with E-state index in [1.54, 1.807) is 7.11 Å². The molecule has 0 radical (unpaired) electrons. The summed E-state index contributed by atoms with van der Waals surface area (Å²) < 4.78 is 6.32. The Bertz CT molecular complexity index is 489. The van der Waals surface area contributed by atoms with E-state index in [2.05, 4.69) is 5.43 Å². The molecule has 2 atom stereocenters. The van der Waals surface area contributed by atoms with Crippen LogP contribution in [0.2, 0.25) is 4.34 Å². The number of hydrogen-bond acceptors (Lipinski definition) is 4. The minimum Gasteiger partial charge on any atom is -0.375 e. The normalized spacial score (nSPS) is 14.4. The maximum Gasteiger partial charge on any atom is 0.104 e. The molecule has 2 unspecified atom stereocenters. The molecule has 0 bridgehead atoms. The highest BCUT2D eigenvalue weighted by Crippen LogP contribution is 2.35. The summed E-state index contributed by atoms with van der Waals surface area (Å²) in [6.45, 7) is 0. The van der Waals surface area contributed by atoms with Gasteiger partial charge in [0, 0.05) is 12.0 Å². The van der Waals surface area contributed by atoms with Crippen LogP contribution in [0.4, 0.5) is 0 Å². The van der Waals surface area contributed by atoms with Gasteiger partial charge in [-0.2, -0.15) is 0 Å². The van der Waals surface area contributed by atoms with Gasteiger partial charge in [-0.15, -0.1) is 11.3 Å². The second-order valence-corrected chi connectivity index (χ2v) is 5.60. The van der Waals surface area contributed by atoms with Crippen molar-refractivity contribution in [2.24, 2.45) is 5.84 Å². The highest BCUT2D eigenvalue weighted by Gasteiger charge is 2.24. The maximum absolute atomic E-state index is 5.96. The van der Waals surface area contributed by atoms with Gasteiger partial charge in [0.15, 0.2) is 0 Å². The summed E-state index contributed by atoms with van der Waals surface area (Å²) in [6.07, 6.45) is -0.147. The first-order valence-corrected chi connectivity index (χ1v) is 6.75. The van der Waals surface area contributed by atoms with Gasteiger partial charge in [-0.3, -0.25) is 5.84 Å². The fourth-order valence-corrected chi connectivity index (χ4v) is 3.07. The van der Waals surface area contributed by atoms with Gasteiger partial charge in [0.25, 0.3) is 0 Å². The number of thiophene rings is 1. The summed E-state index contributed by atoms with van der Waals surface area (Å²) in [6, 6.07) is 13.7. The third-order valence-electron chi connectivity index (χ3n) is 2.76. The molecule has 1 aromatic carbocycles. The van der Waals surface area contributed by atoms with E-state index in [0.717, 1.165) is 14.8 Å². The van der Waals surface area contributed by atoms with E-state index in [9.17, 15) is 0 Å². The molecule has 2 aromatic rings. The molecule has 0 saturated heterocycles. The number of rotatable bonds is 5. The molecule has 18 heavy (non-hydrogen) atoms. The average molecular weight is 283 g/mol. The maximum atomic E-state index is 5.96. The van der Waals surface area contributed by atoms with Crippen LogP contribution in [0.3, 0.4) is 0 Å². The Labute approximate surface area is 116 Å². The Hall–Kier alpha value is -0.910. The molecule has 96 valence electrons. The topological polar surface area (TPSA) is 47.3 Å². The van der Waals surface area contributed by atoms with Crippen molar-refractivity contribution < 1.29 is 4.74 Å². The van der Waals surface area contributed by atoms with Crippen LogP contribution < -0.4 is 11.3 Å². The van der Waals surface area contributed by atoms with E-state index < -0.39 is 0 Å². The fourth-order valence-electron chi connectivity index (χ4n) is 1.92. The number of methoxy groups -OCH3 is 1. The lowest BCUT2D eigenvalue weighted by Gasteiger charge is -2.24. The first-order chi connectivity index (χ1) is 8.76. The molecule has 1 heterocycles. The summed E-state index contributed by atoms with van der Waals surface area (Å²) in [5.41, 5.74) is 3.88. The molecule has 0 aliphatic rings. The molecular weight excluding hydrogens is 268 g/mol. The second-order valence-electron chi connectivity index (χ2n) is 3.85. The van der Waals surface area contributed by atoms with Gasteiger partial charge in [0.1, 0.15) is 6.10 Å². The van der Waals surface area contributed by atoms with Crippen LogP contribution in [-0.4, -0.2) is 7.11 Å². The Kier molecular flexibility index (Phi) is 4.74. The third kappa shape index (κ3) is 2.91. The number of hydrazine groups is 1. The van der Waals surface area contributed by atoms with Crippen molar-refractivity contribution in [2.45, 2.75) is 12.1 Å². The molecule has 0 amide bonds. The molecule has 0 saturated carbocycles. The van der Waals surface area contributed by atoms with E-state index in [1.165, 1.54) is 11.3 Å². The summed E-state index contributed by atoms with van der Waals surface area (Å²) in [5.74, 6) is 5.66. The zero-order valence-corrected chi connectivity index (χ0v) is 11.5. The van der Waals surface area contributed by atoms with E-state index in [-0.39, 0.29) is 12.1 Å². The van der Waals surface area contributed by atoms with Crippen molar-refractivity contribution in [3.05, 3.63) is 57.2 Å². The van der Waals surface area contributed by atoms with Crippen LogP contribution in [0.1, 0.15) is 22.6 Å². The summed E-state index contributed by atoms with van der Waals surface area (Å²) >= 11 is 7.47. The monoisotopic (exact) mass is 282 g/mol. The first-order valence-electron chi connectivity index (χ1n) is 5.55. The molecule has 0 aliphatic carbocycles. The standard InChI is InChI=1S/C13H15ClN2OS/c1-17-13(9-5-3-2-4-6-9)12(16-15)10-7-8-11(14)18-10/h2-8,12-13,16H,15H2,1H3. The summed E-state index contributed by atoms with van der Waals surface area (Å²) in [5, 5.41) is 0. The zero-order valence-electron chi connectivity index (χ0n) is 9.97. The summed E-state index contributed by atoms with van der Waals surface area (Å²) in [7, 11) is 1.68. The molecular formula is C13H15ClN2OS. The SMILES string of the molecule is COC(c1ccccc1)C(NN)c1ccc(Cl)s1. The number of nitrogens with two attached hydrogens (primary N) is 1. The van der Waals surface area contributed by atoms with Crippen LogP contribution >= 0.6 is 22.9 Å². The number of benzene rings is 1. The average Bonchev–Trinajstić information content (AvgIpc) is 2.83. The predicted molar refractivity (Wildman–Crippen MR) is 75.6 cm³/mol. The number of hydrogen-bond donors (Lipinski definition) is 2. The van der Waals surface area contributed by atoms with Crippen molar-refractivity contribution in [3.8, 4) is 0 Å². The molecule has 3 N–H and O–H groups in total. The van der Waals surface area contributed by atoms with Crippen molar-refractivity contribution in [2.75, 3.05) is 7.11 Å². The van der Waals surface area contributed by atoms with Crippen LogP contribution in [0.25, 0.3) is 0 Å². The van der Waals surface area contributed by atoms with Crippen molar-refractivity contribution in [1.82, 2.24) is 5.43 Å². The highest BCUT2D eigenvalue weighted by atomic mass is 35.5. The Morgan fingerprint density at radius 2 is 1.94 bits per heavy atom. The van der Waals surface area contributed by atoms with Crippen LogP contribution in [0.5, 0.6) is 0 Å². The molecule has 3 nitrogen and oxygen atoms in total. The summed E-state index contributed by atoms with van der Waals surface area (Å²) in [4.78, 5) is 1.05. The smallest absolute Gasteiger partial charge is 0.104 e. The largest absolute Gasteiger partial charge is 0.375 e. The molecule has 0 spiro atoms. The molecule has 2 rings (SSSR count). The number of ether oxygens (including phenoxy) is 1. The number of nitrogens with one attached hydrogen (secondary N) is 1. The fraction of sp³-hybridized carbons (Fsp3) is 0.231. The van der Waals surface area contributed by atoms with Gasteiger partial charge in [-0.05, 0) is 17.7 Å².